The lowest BCUT2D eigenvalue weighted by Gasteiger charge is -2.35. The Labute approximate surface area is 92.5 Å². The molecule has 0 aliphatic heterocycles. The van der Waals surface area contributed by atoms with Crippen molar-refractivity contribution >= 4 is 0 Å². The second-order valence-corrected chi connectivity index (χ2v) is 4.66. The van der Waals surface area contributed by atoms with Crippen molar-refractivity contribution in [3.63, 3.8) is 0 Å². The minimum absolute atomic E-state index is 0.0827. The van der Waals surface area contributed by atoms with Gasteiger partial charge in [0.2, 0.25) is 0 Å². The van der Waals surface area contributed by atoms with Crippen molar-refractivity contribution in [2.24, 2.45) is 0 Å². The first kappa shape index (κ1) is 12.2. The van der Waals surface area contributed by atoms with Gasteiger partial charge in [0.15, 0.2) is 0 Å². The summed E-state index contributed by atoms with van der Waals surface area (Å²) in [5, 5.41) is 10.5. The van der Waals surface area contributed by atoms with Crippen LogP contribution in [0.4, 0.5) is 0 Å². The molecule has 0 aliphatic rings. The second-order valence-electron chi connectivity index (χ2n) is 4.66. The third kappa shape index (κ3) is 2.58. The molecule has 0 bridgehead atoms. The van der Waals surface area contributed by atoms with Gasteiger partial charge in [-0.2, -0.15) is 0 Å². The first-order chi connectivity index (χ1) is 6.85. The van der Waals surface area contributed by atoms with Crippen molar-refractivity contribution in [2.75, 3.05) is 14.1 Å². The van der Waals surface area contributed by atoms with Crippen LogP contribution in [0.5, 0.6) is 0 Å². The van der Waals surface area contributed by atoms with Crippen LogP contribution in [0.1, 0.15) is 25.0 Å². The third-order valence-electron chi connectivity index (χ3n) is 3.19. The van der Waals surface area contributed by atoms with Crippen molar-refractivity contribution < 1.29 is 5.11 Å². The predicted octanol–water partition coefficient (Wildman–Crippen LogP) is 2.15. The predicted molar refractivity (Wildman–Crippen MR) is 63.9 cm³/mol. The molecule has 0 spiro atoms. The van der Waals surface area contributed by atoms with Gasteiger partial charge in [0.1, 0.15) is 5.60 Å². The van der Waals surface area contributed by atoms with Crippen LogP contribution in [0, 0.1) is 6.92 Å². The van der Waals surface area contributed by atoms with E-state index < -0.39 is 5.60 Å². The number of nitrogens with zero attached hydrogens (tertiary/aromatic N) is 1. The number of aryl methyl sites for hydroxylation is 1. The lowest BCUT2D eigenvalue weighted by Crippen LogP contribution is -2.43. The summed E-state index contributed by atoms with van der Waals surface area (Å²) in [6.45, 7) is 5.94. The highest BCUT2D eigenvalue weighted by atomic mass is 16.3. The highest BCUT2D eigenvalue weighted by Crippen LogP contribution is 2.27. The molecule has 1 rings (SSSR count). The van der Waals surface area contributed by atoms with Crippen LogP contribution in [0.25, 0.3) is 0 Å². The lowest BCUT2D eigenvalue weighted by atomic mass is 9.88. The fourth-order valence-electron chi connectivity index (χ4n) is 1.70. The summed E-state index contributed by atoms with van der Waals surface area (Å²) in [5.41, 5.74) is 1.35. The first-order valence-corrected chi connectivity index (χ1v) is 5.31. The van der Waals surface area contributed by atoms with Gasteiger partial charge in [-0.05, 0) is 40.4 Å². The van der Waals surface area contributed by atoms with Gasteiger partial charge >= 0.3 is 0 Å². The van der Waals surface area contributed by atoms with Crippen LogP contribution in [0.3, 0.4) is 0 Å². The van der Waals surface area contributed by atoms with Crippen molar-refractivity contribution in [1.29, 1.82) is 0 Å². The molecule has 0 aliphatic carbocycles. The van der Waals surface area contributed by atoms with E-state index in [1.54, 1.807) is 0 Å². The lowest BCUT2D eigenvalue weighted by molar-refractivity contribution is -0.0148. The molecule has 0 radical (unpaired) electrons. The van der Waals surface area contributed by atoms with E-state index in [9.17, 15) is 5.11 Å². The molecular formula is C13H21NO. The molecule has 2 unspecified atom stereocenters. The smallest absolute Gasteiger partial charge is 0.102 e. The monoisotopic (exact) mass is 207 g/mol. The summed E-state index contributed by atoms with van der Waals surface area (Å²) in [7, 11) is 3.96. The Bertz CT molecular complexity index is 331. The van der Waals surface area contributed by atoms with Gasteiger partial charge < -0.3 is 10.0 Å². The summed E-state index contributed by atoms with van der Waals surface area (Å²) in [4.78, 5) is 2.03. The summed E-state index contributed by atoms with van der Waals surface area (Å²) >= 11 is 0. The van der Waals surface area contributed by atoms with E-state index in [2.05, 4.69) is 0 Å². The van der Waals surface area contributed by atoms with Gasteiger partial charge in [0.05, 0.1) is 0 Å². The fraction of sp³-hybridized carbons (Fsp3) is 0.538. The van der Waals surface area contributed by atoms with Crippen LogP contribution in [0.2, 0.25) is 0 Å². The van der Waals surface area contributed by atoms with Crippen molar-refractivity contribution in [3.05, 3.63) is 35.4 Å². The van der Waals surface area contributed by atoms with Gasteiger partial charge in [-0.3, -0.25) is 0 Å². The van der Waals surface area contributed by atoms with E-state index in [-0.39, 0.29) is 6.04 Å². The summed E-state index contributed by atoms with van der Waals surface area (Å²) in [6, 6.07) is 8.13. The van der Waals surface area contributed by atoms with E-state index in [0.29, 0.717) is 0 Å². The molecule has 0 saturated carbocycles. The summed E-state index contributed by atoms with van der Waals surface area (Å²) in [5.74, 6) is 0. The number of aliphatic hydroxyl groups is 1. The fourth-order valence-corrected chi connectivity index (χ4v) is 1.70. The maximum absolute atomic E-state index is 10.5. The van der Waals surface area contributed by atoms with Crippen LogP contribution in [-0.2, 0) is 5.60 Å². The molecule has 84 valence electrons. The Balaban J connectivity index is 3.05. The number of likely N-dealkylation sites (N-methyl/N-ethyl adjacent to an activating group) is 1. The number of hydrogen-bond acceptors (Lipinski definition) is 2. The quantitative estimate of drug-likeness (QED) is 0.821. The maximum atomic E-state index is 10.5. The first-order valence-electron chi connectivity index (χ1n) is 5.31. The van der Waals surface area contributed by atoms with E-state index in [0.717, 1.165) is 5.56 Å². The highest BCUT2D eigenvalue weighted by molar-refractivity contribution is 5.28. The molecule has 0 fully saturated rings. The molecule has 0 saturated heterocycles. The average molecular weight is 207 g/mol. The molecule has 15 heavy (non-hydrogen) atoms. The molecule has 0 aromatic heterocycles. The molecule has 0 amide bonds. The van der Waals surface area contributed by atoms with Crippen LogP contribution in [-0.4, -0.2) is 30.1 Å². The van der Waals surface area contributed by atoms with E-state index in [1.807, 2.05) is 64.0 Å². The van der Waals surface area contributed by atoms with E-state index in [4.69, 9.17) is 0 Å². The zero-order valence-corrected chi connectivity index (χ0v) is 10.3. The molecule has 2 atom stereocenters. The zero-order chi connectivity index (χ0) is 11.6. The van der Waals surface area contributed by atoms with Crippen LogP contribution in [0.15, 0.2) is 24.3 Å². The second kappa shape index (κ2) is 4.33. The number of rotatable bonds is 3. The van der Waals surface area contributed by atoms with Gasteiger partial charge in [-0.25, -0.2) is 0 Å². The van der Waals surface area contributed by atoms with Crippen molar-refractivity contribution in [2.45, 2.75) is 32.4 Å². The minimum Gasteiger partial charge on any atom is -0.384 e. The van der Waals surface area contributed by atoms with Crippen molar-refractivity contribution in [1.82, 2.24) is 4.90 Å². The van der Waals surface area contributed by atoms with E-state index >= 15 is 0 Å². The minimum atomic E-state index is -0.810. The van der Waals surface area contributed by atoms with Crippen LogP contribution >= 0.6 is 0 Å². The van der Waals surface area contributed by atoms with Gasteiger partial charge in [-0.1, -0.05) is 29.8 Å². The SMILES string of the molecule is Cc1cccc(C(C)(O)C(C)N(C)C)c1. The summed E-state index contributed by atoms with van der Waals surface area (Å²) < 4.78 is 0. The Morgan fingerprint density at radius 2 is 1.93 bits per heavy atom. The molecule has 2 nitrogen and oxygen atoms in total. The normalized spacial score (nSPS) is 17.5. The average Bonchev–Trinajstić information content (AvgIpc) is 2.16. The Morgan fingerprint density at radius 1 is 1.33 bits per heavy atom. The number of benzene rings is 1. The zero-order valence-electron chi connectivity index (χ0n) is 10.3. The van der Waals surface area contributed by atoms with Gasteiger partial charge in [-0.15, -0.1) is 0 Å². The standard InChI is InChI=1S/C13H21NO/c1-10-7-6-8-12(9-10)13(3,15)11(2)14(4)5/h6-9,11,15H,1-5H3. The molecule has 1 N–H and O–H groups in total. The van der Waals surface area contributed by atoms with Crippen molar-refractivity contribution in [3.8, 4) is 0 Å². The Hall–Kier alpha value is -0.860. The Morgan fingerprint density at radius 3 is 2.40 bits per heavy atom. The number of hydrogen-bond donors (Lipinski definition) is 1. The molecule has 1 aromatic rings. The van der Waals surface area contributed by atoms with E-state index in [1.165, 1.54) is 5.56 Å². The maximum Gasteiger partial charge on any atom is 0.102 e. The Kier molecular flexibility index (Phi) is 3.53. The largest absolute Gasteiger partial charge is 0.384 e. The molecule has 0 heterocycles. The van der Waals surface area contributed by atoms with Crippen LogP contribution < -0.4 is 0 Å². The molecule has 1 aromatic carbocycles. The third-order valence-corrected chi connectivity index (χ3v) is 3.19. The molecule has 2 heteroatoms. The topological polar surface area (TPSA) is 23.5 Å². The molecular weight excluding hydrogens is 186 g/mol. The van der Waals surface area contributed by atoms with Gasteiger partial charge in [0, 0.05) is 6.04 Å². The summed E-state index contributed by atoms with van der Waals surface area (Å²) in [6.07, 6.45) is 0. The van der Waals surface area contributed by atoms with Gasteiger partial charge in [0.25, 0.3) is 0 Å². The highest BCUT2D eigenvalue weighted by Gasteiger charge is 2.31.